The van der Waals surface area contributed by atoms with Crippen molar-refractivity contribution in [3.8, 4) is 0 Å². The number of carbonyl (C=O) groups excluding carboxylic acids is 1. The number of amides is 1. The van der Waals surface area contributed by atoms with Gasteiger partial charge in [-0.3, -0.25) is 4.79 Å². The van der Waals surface area contributed by atoms with Crippen LogP contribution < -0.4 is 0 Å². The number of aromatic nitrogens is 1. The van der Waals surface area contributed by atoms with Crippen molar-refractivity contribution < 1.29 is 9.90 Å². The van der Waals surface area contributed by atoms with E-state index in [9.17, 15) is 4.79 Å². The van der Waals surface area contributed by atoms with E-state index in [1.54, 1.807) is 0 Å². The first-order chi connectivity index (χ1) is 10.2. The summed E-state index contributed by atoms with van der Waals surface area (Å²) < 4.78 is 0. The van der Waals surface area contributed by atoms with Crippen LogP contribution in [0.3, 0.4) is 0 Å². The predicted molar refractivity (Wildman–Crippen MR) is 83.1 cm³/mol. The number of aliphatic hydroxyl groups excluding tert-OH is 1. The zero-order valence-corrected chi connectivity index (χ0v) is 12.4. The summed E-state index contributed by atoms with van der Waals surface area (Å²) in [7, 11) is 0. The van der Waals surface area contributed by atoms with Crippen molar-refractivity contribution in [2.24, 2.45) is 5.92 Å². The molecular formula is C17H22N2O2. The SMILES string of the molecule is Cc1[nH]c2ccccc2c1CC(=O)N1CCC(CCO)C1. The van der Waals surface area contributed by atoms with Crippen LogP contribution in [0, 0.1) is 12.8 Å². The lowest BCUT2D eigenvalue weighted by Gasteiger charge is -2.16. The van der Waals surface area contributed by atoms with Gasteiger partial charge in [0.25, 0.3) is 0 Å². The van der Waals surface area contributed by atoms with E-state index in [0.717, 1.165) is 48.1 Å². The lowest BCUT2D eigenvalue weighted by Crippen LogP contribution is -2.30. The number of rotatable bonds is 4. The van der Waals surface area contributed by atoms with Gasteiger partial charge in [0, 0.05) is 36.3 Å². The highest BCUT2D eigenvalue weighted by molar-refractivity contribution is 5.90. The van der Waals surface area contributed by atoms with Crippen molar-refractivity contribution in [1.29, 1.82) is 0 Å². The van der Waals surface area contributed by atoms with Gasteiger partial charge in [-0.25, -0.2) is 0 Å². The Hall–Kier alpha value is -1.81. The molecule has 0 spiro atoms. The number of para-hydroxylation sites is 1. The molecule has 2 aromatic rings. The number of hydrogen-bond acceptors (Lipinski definition) is 2. The number of aromatic amines is 1. The lowest BCUT2D eigenvalue weighted by atomic mass is 10.1. The van der Waals surface area contributed by atoms with Crippen LogP contribution in [0.4, 0.5) is 0 Å². The van der Waals surface area contributed by atoms with Crippen molar-refractivity contribution in [3.05, 3.63) is 35.5 Å². The van der Waals surface area contributed by atoms with Crippen LogP contribution >= 0.6 is 0 Å². The van der Waals surface area contributed by atoms with Gasteiger partial charge < -0.3 is 15.0 Å². The van der Waals surface area contributed by atoms with E-state index in [1.807, 2.05) is 30.0 Å². The number of hydrogen-bond donors (Lipinski definition) is 2. The van der Waals surface area contributed by atoms with Gasteiger partial charge in [-0.1, -0.05) is 18.2 Å². The Bertz CT molecular complexity index is 647. The first-order valence-electron chi connectivity index (χ1n) is 7.64. The number of likely N-dealkylation sites (tertiary alicyclic amines) is 1. The largest absolute Gasteiger partial charge is 0.396 e. The fourth-order valence-electron chi connectivity index (χ4n) is 3.30. The Labute approximate surface area is 124 Å². The Balaban J connectivity index is 1.74. The molecule has 2 heterocycles. The van der Waals surface area contributed by atoms with Crippen LogP contribution in [0.15, 0.2) is 24.3 Å². The lowest BCUT2D eigenvalue weighted by molar-refractivity contribution is -0.129. The van der Waals surface area contributed by atoms with Gasteiger partial charge in [-0.15, -0.1) is 0 Å². The third kappa shape index (κ3) is 2.81. The molecule has 4 nitrogen and oxygen atoms in total. The molecule has 0 saturated carbocycles. The van der Waals surface area contributed by atoms with Crippen LogP contribution in [0.25, 0.3) is 10.9 Å². The van der Waals surface area contributed by atoms with Gasteiger partial charge in [0.1, 0.15) is 0 Å². The van der Waals surface area contributed by atoms with E-state index in [1.165, 1.54) is 0 Å². The average molecular weight is 286 g/mol. The summed E-state index contributed by atoms with van der Waals surface area (Å²) in [5.74, 6) is 0.659. The van der Waals surface area contributed by atoms with Crippen LogP contribution in [0.1, 0.15) is 24.1 Å². The number of nitrogens with one attached hydrogen (secondary N) is 1. The second-order valence-electron chi connectivity index (χ2n) is 5.96. The minimum Gasteiger partial charge on any atom is -0.396 e. The smallest absolute Gasteiger partial charge is 0.227 e. The van der Waals surface area contributed by atoms with E-state index in [4.69, 9.17) is 5.11 Å². The second kappa shape index (κ2) is 5.90. The summed E-state index contributed by atoms with van der Waals surface area (Å²) in [4.78, 5) is 17.8. The van der Waals surface area contributed by atoms with Crippen LogP contribution in [-0.4, -0.2) is 40.6 Å². The monoisotopic (exact) mass is 286 g/mol. The van der Waals surface area contributed by atoms with Crippen LogP contribution in [0.5, 0.6) is 0 Å². The topological polar surface area (TPSA) is 56.3 Å². The minimum atomic E-state index is 0.197. The molecule has 3 rings (SSSR count). The summed E-state index contributed by atoms with van der Waals surface area (Å²) in [6, 6.07) is 8.13. The Kier molecular flexibility index (Phi) is 3.97. The number of fused-ring (bicyclic) bond motifs is 1. The quantitative estimate of drug-likeness (QED) is 0.905. The predicted octanol–water partition coefficient (Wildman–Crippen LogP) is 2.25. The maximum absolute atomic E-state index is 12.5. The highest BCUT2D eigenvalue weighted by Gasteiger charge is 2.26. The molecule has 1 aliphatic heterocycles. The molecule has 4 heteroatoms. The standard InChI is InChI=1S/C17H22N2O2/c1-12-15(14-4-2-3-5-16(14)18-12)10-17(21)19-8-6-13(11-19)7-9-20/h2-5,13,18,20H,6-11H2,1H3. The van der Waals surface area contributed by atoms with Gasteiger partial charge in [0.15, 0.2) is 0 Å². The van der Waals surface area contributed by atoms with Gasteiger partial charge in [-0.2, -0.15) is 0 Å². The third-order valence-electron chi connectivity index (χ3n) is 4.53. The Morgan fingerprint density at radius 3 is 3.05 bits per heavy atom. The van der Waals surface area contributed by atoms with Gasteiger partial charge in [0.2, 0.25) is 5.91 Å². The number of aryl methyl sites for hydroxylation is 1. The summed E-state index contributed by atoms with van der Waals surface area (Å²) in [5, 5.41) is 10.2. The summed E-state index contributed by atoms with van der Waals surface area (Å²) in [6.07, 6.45) is 2.27. The number of H-pyrrole nitrogens is 1. The minimum absolute atomic E-state index is 0.197. The van der Waals surface area contributed by atoms with Gasteiger partial charge in [0.05, 0.1) is 6.42 Å². The molecule has 2 N–H and O–H groups in total. The number of aliphatic hydroxyl groups is 1. The molecule has 21 heavy (non-hydrogen) atoms. The first-order valence-corrected chi connectivity index (χ1v) is 7.64. The molecule has 1 aromatic carbocycles. The molecule has 1 aromatic heterocycles. The molecule has 1 amide bonds. The summed E-state index contributed by atoms with van der Waals surface area (Å²) in [5.41, 5.74) is 3.29. The molecule has 0 aliphatic carbocycles. The van der Waals surface area contributed by atoms with E-state index in [0.29, 0.717) is 12.3 Å². The number of carbonyl (C=O) groups is 1. The summed E-state index contributed by atoms with van der Waals surface area (Å²) in [6.45, 7) is 3.86. The normalized spacial score (nSPS) is 18.6. The van der Waals surface area contributed by atoms with Crippen molar-refractivity contribution in [2.75, 3.05) is 19.7 Å². The van der Waals surface area contributed by atoms with Gasteiger partial charge in [-0.05, 0) is 37.3 Å². The molecule has 1 saturated heterocycles. The van der Waals surface area contributed by atoms with Crippen molar-refractivity contribution >= 4 is 16.8 Å². The molecular weight excluding hydrogens is 264 g/mol. The fourth-order valence-corrected chi connectivity index (χ4v) is 3.30. The molecule has 1 fully saturated rings. The zero-order valence-electron chi connectivity index (χ0n) is 12.4. The first kappa shape index (κ1) is 14.1. The number of nitrogens with zero attached hydrogens (tertiary/aromatic N) is 1. The number of benzene rings is 1. The Morgan fingerprint density at radius 2 is 2.24 bits per heavy atom. The van der Waals surface area contributed by atoms with Crippen molar-refractivity contribution in [1.82, 2.24) is 9.88 Å². The zero-order chi connectivity index (χ0) is 14.8. The maximum Gasteiger partial charge on any atom is 0.227 e. The maximum atomic E-state index is 12.5. The molecule has 112 valence electrons. The molecule has 0 radical (unpaired) electrons. The summed E-state index contributed by atoms with van der Waals surface area (Å²) >= 11 is 0. The van der Waals surface area contributed by atoms with E-state index < -0.39 is 0 Å². The van der Waals surface area contributed by atoms with E-state index >= 15 is 0 Å². The van der Waals surface area contributed by atoms with E-state index in [-0.39, 0.29) is 12.5 Å². The molecule has 1 atom stereocenters. The highest BCUT2D eigenvalue weighted by atomic mass is 16.3. The van der Waals surface area contributed by atoms with Crippen LogP contribution in [0.2, 0.25) is 0 Å². The van der Waals surface area contributed by atoms with Crippen molar-refractivity contribution in [3.63, 3.8) is 0 Å². The molecule has 1 unspecified atom stereocenters. The molecule has 1 aliphatic rings. The highest BCUT2D eigenvalue weighted by Crippen LogP contribution is 2.25. The fraction of sp³-hybridized carbons (Fsp3) is 0.471. The third-order valence-corrected chi connectivity index (χ3v) is 4.53. The average Bonchev–Trinajstić information content (AvgIpc) is 3.05. The van der Waals surface area contributed by atoms with Crippen LogP contribution in [-0.2, 0) is 11.2 Å². The second-order valence-corrected chi connectivity index (χ2v) is 5.96. The molecule has 0 bridgehead atoms. The van der Waals surface area contributed by atoms with Crippen molar-refractivity contribution in [2.45, 2.75) is 26.2 Å². The Morgan fingerprint density at radius 1 is 1.43 bits per heavy atom. The van der Waals surface area contributed by atoms with Gasteiger partial charge >= 0.3 is 0 Å². The van der Waals surface area contributed by atoms with E-state index in [2.05, 4.69) is 11.1 Å².